The highest BCUT2D eigenvalue weighted by molar-refractivity contribution is 7.89. The van der Waals surface area contributed by atoms with Gasteiger partial charge in [0, 0.05) is 44.5 Å². The van der Waals surface area contributed by atoms with Gasteiger partial charge >= 0.3 is 0 Å². The largest absolute Gasteiger partial charge is 0.366 e. The predicted molar refractivity (Wildman–Crippen MR) is 137 cm³/mol. The third-order valence-corrected chi connectivity index (χ3v) is 8.97. The van der Waals surface area contributed by atoms with Crippen LogP contribution in [-0.2, 0) is 21.9 Å². The monoisotopic (exact) mass is 528 g/mol. The van der Waals surface area contributed by atoms with Crippen molar-refractivity contribution in [1.29, 1.82) is 0 Å². The fourth-order valence-electron chi connectivity index (χ4n) is 4.51. The average molecular weight is 529 g/mol. The molecule has 0 atom stereocenters. The molecule has 36 heavy (non-hydrogen) atoms. The van der Waals surface area contributed by atoms with Gasteiger partial charge < -0.3 is 9.80 Å². The van der Waals surface area contributed by atoms with Crippen molar-refractivity contribution < 1.29 is 13.2 Å². The van der Waals surface area contributed by atoms with Crippen LogP contribution < -0.4 is 9.62 Å². The molecule has 190 valence electrons. The van der Waals surface area contributed by atoms with Gasteiger partial charge in [0.2, 0.25) is 15.9 Å². The quantitative estimate of drug-likeness (QED) is 0.488. The Labute approximate surface area is 214 Å². The van der Waals surface area contributed by atoms with E-state index in [0.29, 0.717) is 55.1 Å². The summed E-state index contributed by atoms with van der Waals surface area (Å²) in [6.45, 7) is 15.3. The minimum Gasteiger partial charge on any atom is -0.366 e. The first-order chi connectivity index (χ1) is 17.0. The molecule has 1 aromatic carbocycles. The van der Waals surface area contributed by atoms with E-state index in [4.69, 9.17) is 11.7 Å². The fraction of sp³-hybridized carbons (Fsp3) is 0.522. The number of hydrogen-bond donors (Lipinski definition) is 1. The Morgan fingerprint density at radius 2 is 1.89 bits per heavy atom. The minimum absolute atomic E-state index is 0.0741. The van der Waals surface area contributed by atoms with Crippen molar-refractivity contribution in [2.24, 2.45) is 13.0 Å². The summed E-state index contributed by atoms with van der Waals surface area (Å²) in [7, 11) is -2.14. The molecule has 0 bridgehead atoms. The third-order valence-electron chi connectivity index (χ3n) is 6.62. The summed E-state index contributed by atoms with van der Waals surface area (Å²) in [4.78, 5) is 20.0. The van der Waals surface area contributed by atoms with Crippen molar-refractivity contribution in [3.05, 3.63) is 28.6 Å². The molecule has 13 heteroatoms. The summed E-state index contributed by atoms with van der Waals surface area (Å²) >= 11 is 1.39. The van der Waals surface area contributed by atoms with Crippen LogP contribution in [0.25, 0.3) is 26.4 Å². The molecule has 1 amide bonds. The number of nitrogens with one attached hydrogen (secondary N) is 1. The summed E-state index contributed by atoms with van der Waals surface area (Å²) in [5.74, 6) is 0.0404. The molecule has 11 nitrogen and oxygen atoms in total. The van der Waals surface area contributed by atoms with Crippen LogP contribution in [0.2, 0.25) is 0 Å². The van der Waals surface area contributed by atoms with Gasteiger partial charge in [0.1, 0.15) is 10.7 Å². The van der Waals surface area contributed by atoms with Gasteiger partial charge in [-0.3, -0.25) is 14.3 Å². The molecule has 0 spiro atoms. The second-order valence-electron chi connectivity index (χ2n) is 9.65. The number of rotatable bonds is 6. The topological polar surface area (TPSA) is 118 Å². The van der Waals surface area contributed by atoms with E-state index < -0.39 is 15.7 Å². The van der Waals surface area contributed by atoms with Crippen LogP contribution >= 0.6 is 11.3 Å². The van der Waals surface area contributed by atoms with E-state index in [0.717, 1.165) is 16.2 Å². The first kappa shape index (κ1) is 24.6. The number of carbonyl (C=O) groups is 1. The third kappa shape index (κ3) is 4.33. The van der Waals surface area contributed by atoms with E-state index in [2.05, 4.69) is 24.7 Å². The van der Waals surface area contributed by atoms with Crippen molar-refractivity contribution in [3.8, 4) is 10.7 Å². The van der Waals surface area contributed by atoms with E-state index in [-0.39, 0.29) is 16.7 Å². The van der Waals surface area contributed by atoms with Gasteiger partial charge in [0.05, 0.1) is 28.9 Å². The molecular weight excluding hydrogens is 500 g/mol. The van der Waals surface area contributed by atoms with Crippen LogP contribution in [0.4, 0.5) is 5.69 Å². The van der Waals surface area contributed by atoms with Crippen LogP contribution in [0, 0.1) is 19.4 Å². The Morgan fingerprint density at radius 3 is 2.44 bits per heavy atom. The van der Waals surface area contributed by atoms with Gasteiger partial charge in [-0.2, -0.15) is 5.10 Å². The first-order valence-corrected chi connectivity index (χ1v) is 14.1. The Morgan fingerprint density at radius 1 is 1.19 bits per heavy atom. The Kier molecular flexibility index (Phi) is 6.01. The maximum Gasteiger partial charge on any atom is 0.299 e. The molecule has 2 aromatic heterocycles. The molecule has 5 rings (SSSR count). The Balaban J connectivity index is 1.61. The molecule has 3 heterocycles. The van der Waals surface area contributed by atoms with Crippen molar-refractivity contribution >= 4 is 43.9 Å². The van der Waals surface area contributed by atoms with Gasteiger partial charge in [-0.1, -0.05) is 25.2 Å². The summed E-state index contributed by atoms with van der Waals surface area (Å²) in [5.41, 5.74) is 1.02. The highest BCUT2D eigenvalue weighted by Crippen LogP contribution is 2.41. The molecule has 1 saturated carbocycles. The molecular formula is C23H28N8O3S2. The van der Waals surface area contributed by atoms with E-state index in [9.17, 15) is 13.2 Å². The van der Waals surface area contributed by atoms with Gasteiger partial charge in [-0.05, 0) is 19.1 Å². The fourth-order valence-corrected chi connectivity index (χ4v) is 6.61. The smallest absolute Gasteiger partial charge is 0.299 e. The molecule has 2 fully saturated rings. The van der Waals surface area contributed by atoms with Crippen LogP contribution in [0.15, 0.2) is 17.0 Å². The standard InChI is InChI=1S/C23H28N8O3S2/c1-14(2)22(32)31-10-8-30(9-11-31)18-13-16(36(33,34)28-23(24-4)6-7-23)12-17-19(27-29(5)20(17)18)21-26-25-15(3)35-21/h12-14,28H,6-11H2,1-3,5H3. The second kappa shape index (κ2) is 8.79. The molecule has 1 saturated heterocycles. The van der Waals surface area contributed by atoms with Crippen LogP contribution in [0.1, 0.15) is 31.7 Å². The maximum atomic E-state index is 13.4. The Hall–Kier alpha value is -3.08. The number of aromatic nitrogens is 4. The van der Waals surface area contributed by atoms with E-state index in [1.54, 1.807) is 16.8 Å². The number of carbonyl (C=O) groups excluding carboxylic acids is 1. The van der Waals surface area contributed by atoms with E-state index >= 15 is 0 Å². The number of anilines is 1. The zero-order chi connectivity index (χ0) is 25.8. The number of sulfonamides is 1. The number of nitrogens with zero attached hydrogens (tertiary/aromatic N) is 7. The van der Waals surface area contributed by atoms with Crippen LogP contribution in [0.5, 0.6) is 0 Å². The van der Waals surface area contributed by atoms with Crippen molar-refractivity contribution in [1.82, 2.24) is 29.6 Å². The summed E-state index contributed by atoms with van der Waals surface area (Å²) in [6.07, 6.45) is 0.998. The highest BCUT2D eigenvalue weighted by atomic mass is 32.2. The predicted octanol–water partition coefficient (Wildman–Crippen LogP) is 2.39. The molecule has 1 aliphatic heterocycles. The molecule has 2 aliphatic rings. The average Bonchev–Trinajstić information content (AvgIpc) is 3.34. The van der Waals surface area contributed by atoms with Gasteiger partial charge in [-0.15, -0.1) is 14.9 Å². The number of fused-ring (bicyclic) bond motifs is 1. The van der Waals surface area contributed by atoms with Gasteiger partial charge in [0.25, 0.3) is 5.66 Å². The number of benzene rings is 1. The minimum atomic E-state index is -3.96. The number of piperazine rings is 1. The van der Waals surface area contributed by atoms with E-state index in [1.165, 1.54) is 11.3 Å². The van der Waals surface area contributed by atoms with Crippen molar-refractivity contribution in [3.63, 3.8) is 0 Å². The lowest BCUT2D eigenvalue weighted by Crippen LogP contribution is -2.50. The van der Waals surface area contributed by atoms with Crippen LogP contribution in [-0.4, -0.2) is 71.0 Å². The molecule has 0 radical (unpaired) electrons. The first-order valence-electron chi connectivity index (χ1n) is 11.8. The number of aryl methyl sites for hydroxylation is 2. The summed E-state index contributed by atoms with van der Waals surface area (Å²) in [5, 5.41) is 15.1. The second-order valence-corrected chi connectivity index (χ2v) is 12.5. The number of amides is 1. The molecule has 3 aromatic rings. The van der Waals surface area contributed by atoms with E-state index in [1.807, 2.05) is 32.7 Å². The molecule has 1 N–H and O–H groups in total. The zero-order valence-electron chi connectivity index (χ0n) is 20.6. The number of hydrogen-bond acceptors (Lipinski definition) is 8. The zero-order valence-corrected chi connectivity index (χ0v) is 22.3. The van der Waals surface area contributed by atoms with Gasteiger partial charge in [-0.25, -0.2) is 15.0 Å². The van der Waals surface area contributed by atoms with Crippen molar-refractivity contribution in [2.45, 2.75) is 44.2 Å². The molecule has 1 aliphatic carbocycles. The SMILES string of the molecule is [C-]#[N+]C1(NS(=O)(=O)c2cc(N3CCN(C(=O)C(C)C)CC3)c3c(c2)c(-c2nnc(C)s2)nn3C)CC1. The maximum absolute atomic E-state index is 13.4. The lowest BCUT2D eigenvalue weighted by molar-refractivity contribution is -0.134. The van der Waals surface area contributed by atoms with Gasteiger partial charge in [0.15, 0.2) is 5.01 Å². The molecule has 0 unspecified atom stereocenters. The normalized spacial score (nSPS) is 17.6. The lowest BCUT2D eigenvalue weighted by atomic mass is 10.1. The summed E-state index contributed by atoms with van der Waals surface area (Å²) < 4.78 is 31.2. The lowest BCUT2D eigenvalue weighted by Gasteiger charge is -2.37. The van der Waals surface area contributed by atoms with Crippen LogP contribution in [0.3, 0.4) is 0 Å². The van der Waals surface area contributed by atoms with Crippen molar-refractivity contribution in [2.75, 3.05) is 31.1 Å². The Bertz CT molecular complexity index is 1490. The summed E-state index contributed by atoms with van der Waals surface area (Å²) in [6, 6.07) is 3.26. The highest BCUT2D eigenvalue weighted by Gasteiger charge is 2.54.